The minimum Gasteiger partial charge on any atom is -0.468 e. The van der Waals surface area contributed by atoms with Crippen LogP contribution in [0.3, 0.4) is 0 Å². The van der Waals surface area contributed by atoms with E-state index in [1.165, 1.54) is 7.11 Å². The molecular weight excluding hydrogens is 406 g/mol. The molecule has 6 heteroatoms. The van der Waals surface area contributed by atoms with Gasteiger partial charge in [-0.1, -0.05) is 44.2 Å². The summed E-state index contributed by atoms with van der Waals surface area (Å²) in [7, 11) is 1.29. The molecule has 2 atom stereocenters. The van der Waals surface area contributed by atoms with Gasteiger partial charge in [0.1, 0.15) is 23.8 Å². The summed E-state index contributed by atoms with van der Waals surface area (Å²) in [5.74, 6) is -1.99. The molecule has 1 fully saturated rings. The second kappa shape index (κ2) is 8.00. The van der Waals surface area contributed by atoms with Crippen LogP contribution in [0.15, 0.2) is 36.4 Å². The quantitative estimate of drug-likeness (QED) is 0.533. The number of ketones is 2. The summed E-state index contributed by atoms with van der Waals surface area (Å²) in [6.07, 6.45) is 0.428. The largest absolute Gasteiger partial charge is 0.468 e. The van der Waals surface area contributed by atoms with E-state index < -0.39 is 22.7 Å². The third kappa shape index (κ3) is 3.51. The number of hydrogen-bond donors (Lipinski definition) is 0. The molecule has 1 saturated carbocycles. The number of hydrogen-bond acceptors (Lipinski definition) is 6. The summed E-state index contributed by atoms with van der Waals surface area (Å²) in [6.45, 7) is 7.96. The molecule has 0 saturated heterocycles. The van der Waals surface area contributed by atoms with Crippen LogP contribution >= 0.6 is 0 Å². The molecule has 1 spiro atoms. The normalized spacial score (nSPS) is 24.8. The van der Waals surface area contributed by atoms with Crippen LogP contribution < -0.4 is 4.90 Å². The number of rotatable bonds is 4. The first-order valence-electron chi connectivity index (χ1n) is 11.1. The summed E-state index contributed by atoms with van der Waals surface area (Å²) >= 11 is 0. The van der Waals surface area contributed by atoms with Crippen LogP contribution in [0.4, 0.5) is 5.69 Å². The van der Waals surface area contributed by atoms with Gasteiger partial charge in [0, 0.05) is 18.7 Å². The van der Waals surface area contributed by atoms with Crippen LogP contribution in [0.25, 0.3) is 10.8 Å². The fraction of sp³-hybridized carbons (Fsp3) is 0.500. The fourth-order valence-electron chi connectivity index (χ4n) is 5.28. The molecule has 4 rings (SSSR count). The fourth-order valence-corrected chi connectivity index (χ4v) is 5.28. The first-order valence-corrected chi connectivity index (χ1v) is 11.1. The highest BCUT2D eigenvalue weighted by molar-refractivity contribution is 6.18. The number of nitrogens with zero attached hydrogens (tertiary/aromatic N) is 1. The Morgan fingerprint density at radius 3 is 2.53 bits per heavy atom. The Morgan fingerprint density at radius 1 is 1.12 bits per heavy atom. The van der Waals surface area contributed by atoms with E-state index in [9.17, 15) is 14.4 Å². The first-order chi connectivity index (χ1) is 15.1. The van der Waals surface area contributed by atoms with Crippen LogP contribution in [0.2, 0.25) is 0 Å². The number of carbonyl (C=O) groups is 3. The zero-order valence-electron chi connectivity index (χ0n) is 19.4. The van der Waals surface area contributed by atoms with Crippen molar-refractivity contribution >= 4 is 34.0 Å². The summed E-state index contributed by atoms with van der Waals surface area (Å²) in [5, 5.41) is 2.06. The van der Waals surface area contributed by atoms with E-state index in [0.29, 0.717) is 0 Å². The van der Waals surface area contributed by atoms with E-state index in [4.69, 9.17) is 9.47 Å². The Hall–Kier alpha value is -2.73. The van der Waals surface area contributed by atoms with Crippen molar-refractivity contribution in [1.29, 1.82) is 0 Å². The molecule has 0 radical (unpaired) electrons. The molecular formula is C26H31NO5. The summed E-state index contributed by atoms with van der Waals surface area (Å²) in [4.78, 5) is 42.3. The smallest absolute Gasteiger partial charge is 0.316 e. The molecule has 1 aliphatic heterocycles. The molecule has 0 aromatic heterocycles. The van der Waals surface area contributed by atoms with Crippen LogP contribution in [0.5, 0.6) is 0 Å². The van der Waals surface area contributed by atoms with Crippen LogP contribution in [-0.2, 0) is 30.3 Å². The number of esters is 1. The number of benzene rings is 2. The molecule has 0 bridgehead atoms. The van der Waals surface area contributed by atoms with Gasteiger partial charge in [-0.05, 0) is 48.1 Å². The molecule has 1 heterocycles. The number of Topliss-reactive ketones (excluding diaryl/α,β-unsaturated/α-hetero) is 2. The van der Waals surface area contributed by atoms with Gasteiger partial charge in [-0.2, -0.15) is 0 Å². The lowest BCUT2D eigenvalue weighted by molar-refractivity contribution is -0.165. The summed E-state index contributed by atoms with van der Waals surface area (Å²) in [6, 6.07) is 12.1. The van der Waals surface area contributed by atoms with Gasteiger partial charge in [0.25, 0.3) is 0 Å². The lowest BCUT2D eigenvalue weighted by Crippen LogP contribution is -2.62. The molecule has 6 nitrogen and oxygen atoms in total. The summed E-state index contributed by atoms with van der Waals surface area (Å²) < 4.78 is 10.9. The number of anilines is 1. The van der Waals surface area contributed by atoms with Crippen molar-refractivity contribution in [2.75, 3.05) is 25.3 Å². The molecule has 0 amide bonds. The Bertz CT molecular complexity index is 1090. The molecule has 0 N–H and O–H groups in total. The van der Waals surface area contributed by atoms with E-state index in [-0.39, 0.29) is 43.8 Å². The van der Waals surface area contributed by atoms with Crippen molar-refractivity contribution < 1.29 is 23.9 Å². The first kappa shape index (κ1) is 22.5. The SMILES string of the molecule is COC(=O)[C@H]1C(=O)[C@]2(Cc3c(ccc4ccccc34)N(COC(C)C)C2)C(=O)CC1(C)C. The number of methoxy groups -OCH3 is 1. The van der Waals surface area contributed by atoms with Gasteiger partial charge in [-0.25, -0.2) is 0 Å². The minimum absolute atomic E-state index is 0.00343. The number of ether oxygens (including phenoxy) is 2. The van der Waals surface area contributed by atoms with Crippen LogP contribution in [-0.4, -0.2) is 44.0 Å². The van der Waals surface area contributed by atoms with Crippen molar-refractivity contribution in [3.05, 3.63) is 42.0 Å². The molecule has 170 valence electrons. The highest BCUT2D eigenvalue weighted by Crippen LogP contribution is 2.50. The standard InChI is InChI=1S/C26H31NO5/c1-16(2)32-15-27-14-26(12-19-18-9-7-6-8-17(18)10-11-20(19)27)21(28)13-25(3,4)22(23(26)29)24(30)31-5/h6-11,16,22H,12-15H2,1-5H3/t22-,26+/m1/s1. The third-order valence-electron chi connectivity index (χ3n) is 6.96. The van der Waals surface area contributed by atoms with Gasteiger partial charge >= 0.3 is 5.97 Å². The molecule has 1 aliphatic carbocycles. The van der Waals surface area contributed by atoms with Gasteiger partial charge in [-0.15, -0.1) is 0 Å². The Kier molecular flexibility index (Phi) is 5.61. The number of fused-ring (bicyclic) bond motifs is 3. The molecule has 32 heavy (non-hydrogen) atoms. The monoisotopic (exact) mass is 437 g/mol. The van der Waals surface area contributed by atoms with Gasteiger partial charge in [0.15, 0.2) is 5.78 Å². The Morgan fingerprint density at radius 2 is 1.84 bits per heavy atom. The predicted octanol–water partition coefficient (Wildman–Crippen LogP) is 3.93. The zero-order chi connectivity index (χ0) is 23.3. The van der Waals surface area contributed by atoms with E-state index in [0.717, 1.165) is 22.0 Å². The lowest BCUT2D eigenvalue weighted by atomic mass is 9.55. The topological polar surface area (TPSA) is 72.9 Å². The van der Waals surface area contributed by atoms with Crippen LogP contribution in [0, 0.1) is 16.7 Å². The molecule has 2 aromatic rings. The van der Waals surface area contributed by atoms with Gasteiger partial charge in [0.2, 0.25) is 0 Å². The maximum absolute atomic E-state index is 14.0. The van der Waals surface area contributed by atoms with Crippen molar-refractivity contribution in [3.63, 3.8) is 0 Å². The molecule has 2 aromatic carbocycles. The average molecular weight is 438 g/mol. The highest BCUT2D eigenvalue weighted by atomic mass is 16.5. The van der Waals surface area contributed by atoms with E-state index in [2.05, 4.69) is 6.07 Å². The summed E-state index contributed by atoms with van der Waals surface area (Å²) in [5.41, 5.74) is -0.168. The molecule has 2 aliphatic rings. The van der Waals surface area contributed by atoms with E-state index in [1.54, 1.807) is 13.8 Å². The average Bonchev–Trinajstić information content (AvgIpc) is 2.75. The molecule has 0 unspecified atom stereocenters. The van der Waals surface area contributed by atoms with Gasteiger partial charge in [0.05, 0.1) is 13.2 Å². The lowest BCUT2D eigenvalue weighted by Gasteiger charge is -2.49. The van der Waals surface area contributed by atoms with Gasteiger partial charge in [-0.3, -0.25) is 14.4 Å². The Labute approximate surface area is 188 Å². The van der Waals surface area contributed by atoms with E-state index in [1.807, 2.05) is 49.1 Å². The third-order valence-corrected chi connectivity index (χ3v) is 6.96. The van der Waals surface area contributed by atoms with Crippen LogP contribution in [0.1, 0.15) is 39.7 Å². The van der Waals surface area contributed by atoms with E-state index >= 15 is 0 Å². The minimum atomic E-state index is -1.30. The number of carbonyl (C=O) groups excluding carboxylic acids is 3. The van der Waals surface area contributed by atoms with Crippen molar-refractivity contribution in [2.24, 2.45) is 16.7 Å². The van der Waals surface area contributed by atoms with Crippen molar-refractivity contribution in [2.45, 2.75) is 46.6 Å². The second-order valence-corrected chi connectivity index (χ2v) is 9.99. The predicted molar refractivity (Wildman–Crippen MR) is 122 cm³/mol. The zero-order valence-corrected chi connectivity index (χ0v) is 19.4. The maximum atomic E-state index is 14.0. The van der Waals surface area contributed by atoms with Crippen molar-refractivity contribution in [3.8, 4) is 0 Å². The Balaban J connectivity index is 1.88. The second-order valence-electron chi connectivity index (χ2n) is 9.99. The highest BCUT2D eigenvalue weighted by Gasteiger charge is 2.61. The maximum Gasteiger partial charge on any atom is 0.316 e. The van der Waals surface area contributed by atoms with Crippen molar-refractivity contribution in [1.82, 2.24) is 0 Å². The van der Waals surface area contributed by atoms with Gasteiger partial charge < -0.3 is 14.4 Å².